The number of hydrogen-bond acceptors (Lipinski definition) is 5. The number of ether oxygens (including phenoxy) is 1. The summed E-state index contributed by atoms with van der Waals surface area (Å²) >= 11 is 1.38. The predicted molar refractivity (Wildman–Crippen MR) is 109 cm³/mol. The summed E-state index contributed by atoms with van der Waals surface area (Å²) in [7, 11) is 1.64. The van der Waals surface area contributed by atoms with E-state index in [2.05, 4.69) is 33.4 Å². The van der Waals surface area contributed by atoms with Crippen LogP contribution >= 0.6 is 11.8 Å². The van der Waals surface area contributed by atoms with Crippen LogP contribution in [0.4, 0.5) is 0 Å². The molecule has 144 valence electrons. The summed E-state index contributed by atoms with van der Waals surface area (Å²) < 4.78 is 5.18. The van der Waals surface area contributed by atoms with Gasteiger partial charge in [0, 0.05) is 18.7 Å². The summed E-state index contributed by atoms with van der Waals surface area (Å²) in [5, 5.41) is 7.54. The number of benzene rings is 2. The Labute approximate surface area is 168 Å². The van der Waals surface area contributed by atoms with Gasteiger partial charge in [-0.25, -0.2) is 4.98 Å². The van der Waals surface area contributed by atoms with Crippen molar-refractivity contribution in [1.82, 2.24) is 20.1 Å². The molecule has 28 heavy (non-hydrogen) atoms. The van der Waals surface area contributed by atoms with Crippen LogP contribution in [0.5, 0.6) is 5.75 Å². The first-order chi connectivity index (χ1) is 13.6. The molecule has 0 saturated heterocycles. The molecule has 1 unspecified atom stereocenters. The van der Waals surface area contributed by atoms with E-state index in [9.17, 15) is 4.79 Å². The molecule has 3 aromatic rings. The Morgan fingerprint density at radius 3 is 2.68 bits per heavy atom. The number of thioether (sulfide) groups is 1. The SMILES string of the molecule is COc1ccc(-c2nc(SC(C)C(=O)N3CCc4ccccc4C3)n[nH]2)cc1. The number of carbonyl (C=O) groups is 1. The molecule has 0 fully saturated rings. The minimum absolute atomic E-state index is 0.121. The van der Waals surface area contributed by atoms with Gasteiger partial charge in [0.1, 0.15) is 5.75 Å². The van der Waals surface area contributed by atoms with E-state index in [-0.39, 0.29) is 11.2 Å². The average Bonchev–Trinajstić information content (AvgIpc) is 3.21. The van der Waals surface area contributed by atoms with E-state index in [0.717, 1.165) is 24.3 Å². The van der Waals surface area contributed by atoms with Crippen molar-refractivity contribution >= 4 is 17.7 Å². The van der Waals surface area contributed by atoms with Crippen LogP contribution in [0.1, 0.15) is 18.1 Å². The van der Waals surface area contributed by atoms with E-state index in [1.165, 1.54) is 22.9 Å². The second-order valence-electron chi connectivity index (χ2n) is 6.73. The Kier molecular flexibility index (Phi) is 5.34. The summed E-state index contributed by atoms with van der Waals surface area (Å²) in [4.78, 5) is 19.3. The zero-order valence-corrected chi connectivity index (χ0v) is 16.7. The Bertz CT molecular complexity index is 971. The molecule has 0 bridgehead atoms. The normalized spacial score (nSPS) is 14.4. The van der Waals surface area contributed by atoms with Crippen LogP contribution in [0.15, 0.2) is 53.7 Å². The van der Waals surface area contributed by atoms with Gasteiger partial charge < -0.3 is 9.64 Å². The van der Waals surface area contributed by atoms with Gasteiger partial charge in [-0.05, 0) is 48.7 Å². The van der Waals surface area contributed by atoms with E-state index in [1.807, 2.05) is 42.2 Å². The van der Waals surface area contributed by atoms with Crippen molar-refractivity contribution in [2.24, 2.45) is 0 Å². The molecule has 0 radical (unpaired) electrons. The quantitative estimate of drug-likeness (QED) is 0.670. The molecular formula is C21H22N4O2S. The summed E-state index contributed by atoms with van der Waals surface area (Å²) in [5.74, 6) is 1.59. The second kappa shape index (κ2) is 8.06. The fourth-order valence-corrected chi connectivity index (χ4v) is 4.14. The first-order valence-electron chi connectivity index (χ1n) is 9.23. The first-order valence-corrected chi connectivity index (χ1v) is 10.1. The molecule has 1 atom stereocenters. The monoisotopic (exact) mass is 394 g/mol. The third-order valence-corrected chi connectivity index (χ3v) is 5.85. The van der Waals surface area contributed by atoms with E-state index in [4.69, 9.17) is 4.74 Å². The Morgan fingerprint density at radius 1 is 1.18 bits per heavy atom. The Balaban J connectivity index is 1.40. The van der Waals surface area contributed by atoms with Crippen LogP contribution in [0, 0.1) is 0 Å². The molecule has 1 aliphatic rings. The molecule has 1 aromatic heterocycles. The van der Waals surface area contributed by atoms with Crippen molar-refractivity contribution < 1.29 is 9.53 Å². The van der Waals surface area contributed by atoms with Gasteiger partial charge in [0.15, 0.2) is 5.82 Å². The van der Waals surface area contributed by atoms with Crippen molar-refractivity contribution in [2.45, 2.75) is 30.3 Å². The van der Waals surface area contributed by atoms with Gasteiger partial charge in [-0.3, -0.25) is 9.89 Å². The minimum atomic E-state index is -0.246. The van der Waals surface area contributed by atoms with E-state index < -0.39 is 0 Å². The smallest absolute Gasteiger partial charge is 0.236 e. The van der Waals surface area contributed by atoms with Crippen LogP contribution < -0.4 is 4.74 Å². The summed E-state index contributed by atoms with van der Waals surface area (Å²) in [6, 6.07) is 15.9. The Hall–Kier alpha value is -2.80. The number of rotatable bonds is 5. The molecule has 4 rings (SSSR count). The van der Waals surface area contributed by atoms with Crippen molar-refractivity contribution in [3.05, 3.63) is 59.7 Å². The molecule has 0 saturated carbocycles. The standard InChI is InChI=1S/C21H22N4O2S/c1-14(20(26)25-12-11-15-5-3-4-6-17(15)13-25)28-21-22-19(23-24-21)16-7-9-18(27-2)10-8-16/h3-10,14H,11-13H2,1-2H3,(H,22,23,24). The van der Waals surface area contributed by atoms with Crippen LogP contribution in [-0.4, -0.2) is 44.9 Å². The van der Waals surface area contributed by atoms with Crippen molar-refractivity contribution in [3.8, 4) is 17.1 Å². The molecule has 2 aromatic carbocycles. The topological polar surface area (TPSA) is 71.1 Å². The van der Waals surface area contributed by atoms with Crippen molar-refractivity contribution in [3.63, 3.8) is 0 Å². The molecule has 0 aliphatic carbocycles. The number of amides is 1. The molecule has 2 heterocycles. The van der Waals surface area contributed by atoms with Crippen LogP contribution in [0.3, 0.4) is 0 Å². The van der Waals surface area contributed by atoms with Gasteiger partial charge in [0.05, 0.1) is 12.4 Å². The number of H-pyrrole nitrogens is 1. The molecule has 1 N–H and O–H groups in total. The number of fused-ring (bicyclic) bond motifs is 1. The molecule has 6 nitrogen and oxygen atoms in total. The summed E-state index contributed by atoms with van der Waals surface area (Å²) in [6.07, 6.45) is 0.904. The number of methoxy groups -OCH3 is 1. The number of aromatic nitrogens is 3. The lowest BCUT2D eigenvalue weighted by atomic mass is 10.00. The van der Waals surface area contributed by atoms with Crippen LogP contribution in [0.25, 0.3) is 11.4 Å². The lowest BCUT2D eigenvalue weighted by Crippen LogP contribution is -2.40. The fourth-order valence-electron chi connectivity index (χ4n) is 3.33. The van der Waals surface area contributed by atoms with Gasteiger partial charge in [0.2, 0.25) is 11.1 Å². The van der Waals surface area contributed by atoms with Crippen molar-refractivity contribution in [1.29, 1.82) is 0 Å². The van der Waals surface area contributed by atoms with Crippen LogP contribution in [-0.2, 0) is 17.8 Å². The van der Waals surface area contributed by atoms with Gasteiger partial charge >= 0.3 is 0 Å². The maximum atomic E-state index is 12.9. The van der Waals surface area contributed by atoms with Gasteiger partial charge in [0.25, 0.3) is 0 Å². The highest BCUT2D eigenvalue weighted by Gasteiger charge is 2.26. The zero-order valence-electron chi connectivity index (χ0n) is 15.9. The fraction of sp³-hybridized carbons (Fsp3) is 0.286. The molecule has 1 aliphatic heterocycles. The van der Waals surface area contributed by atoms with Gasteiger partial charge in [-0.15, -0.1) is 5.10 Å². The third-order valence-electron chi connectivity index (χ3n) is 4.90. The highest BCUT2D eigenvalue weighted by atomic mass is 32.2. The molecular weight excluding hydrogens is 372 g/mol. The molecule has 1 amide bonds. The summed E-state index contributed by atoms with van der Waals surface area (Å²) in [6.45, 7) is 3.34. The van der Waals surface area contributed by atoms with E-state index >= 15 is 0 Å². The number of carbonyl (C=O) groups excluding carboxylic acids is 1. The highest BCUT2D eigenvalue weighted by molar-refractivity contribution is 8.00. The zero-order chi connectivity index (χ0) is 19.5. The van der Waals surface area contributed by atoms with E-state index in [1.54, 1.807) is 7.11 Å². The Morgan fingerprint density at radius 2 is 1.93 bits per heavy atom. The lowest BCUT2D eigenvalue weighted by Gasteiger charge is -2.30. The highest BCUT2D eigenvalue weighted by Crippen LogP contribution is 2.26. The molecule has 7 heteroatoms. The maximum Gasteiger partial charge on any atom is 0.236 e. The number of nitrogens with zero attached hydrogens (tertiary/aromatic N) is 3. The van der Waals surface area contributed by atoms with Gasteiger partial charge in [-0.2, -0.15) is 0 Å². The largest absolute Gasteiger partial charge is 0.497 e. The third kappa shape index (κ3) is 3.89. The second-order valence-corrected chi connectivity index (χ2v) is 8.04. The lowest BCUT2D eigenvalue weighted by molar-refractivity contribution is -0.131. The predicted octanol–water partition coefficient (Wildman–Crippen LogP) is 3.55. The van der Waals surface area contributed by atoms with E-state index in [0.29, 0.717) is 17.5 Å². The van der Waals surface area contributed by atoms with Gasteiger partial charge in [-0.1, -0.05) is 36.0 Å². The maximum absolute atomic E-state index is 12.9. The van der Waals surface area contributed by atoms with Crippen LogP contribution in [0.2, 0.25) is 0 Å². The number of nitrogens with one attached hydrogen (secondary N) is 1. The summed E-state index contributed by atoms with van der Waals surface area (Å²) in [5.41, 5.74) is 3.50. The van der Waals surface area contributed by atoms with Crippen molar-refractivity contribution in [2.75, 3.05) is 13.7 Å². The number of hydrogen-bond donors (Lipinski definition) is 1. The molecule has 0 spiro atoms. The average molecular weight is 395 g/mol. The minimum Gasteiger partial charge on any atom is -0.497 e. The number of aromatic amines is 1. The first kappa shape index (κ1) is 18.6.